The highest BCUT2D eigenvalue weighted by atomic mass is 35.5. The zero-order valence-electron chi connectivity index (χ0n) is 13.6. The maximum atomic E-state index is 13.8. The molecule has 0 aliphatic heterocycles. The van der Waals surface area contributed by atoms with Crippen molar-refractivity contribution in [3.05, 3.63) is 75.9 Å². The Labute approximate surface area is 159 Å². The number of halogens is 3. The van der Waals surface area contributed by atoms with E-state index in [0.717, 1.165) is 0 Å². The first-order chi connectivity index (χ1) is 12.4. The number of amides is 1. The summed E-state index contributed by atoms with van der Waals surface area (Å²) in [4.78, 5) is 20.7. The van der Waals surface area contributed by atoms with E-state index in [0.29, 0.717) is 16.5 Å². The van der Waals surface area contributed by atoms with E-state index in [9.17, 15) is 9.18 Å². The Morgan fingerprint density at radius 1 is 1.04 bits per heavy atom. The molecule has 0 radical (unpaired) electrons. The first kappa shape index (κ1) is 18.1. The summed E-state index contributed by atoms with van der Waals surface area (Å²) in [5, 5.41) is 6.24. The van der Waals surface area contributed by atoms with Gasteiger partial charge in [0.2, 0.25) is 0 Å². The lowest BCUT2D eigenvalue weighted by Crippen LogP contribution is -2.16. The van der Waals surface area contributed by atoms with Crippen LogP contribution >= 0.6 is 23.2 Å². The van der Waals surface area contributed by atoms with Crippen LogP contribution in [0.5, 0.6) is 0 Å². The third-order valence-electron chi connectivity index (χ3n) is 3.44. The number of nitrogens with one attached hydrogen (secondary N) is 2. The van der Waals surface area contributed by atoms with Crippen LogP contribution in [0.4, 0.5) is 21.6 Å². The molecule has 0 spiro atoms. The topological polar surface area (TPSA) is 66.9 Å². The maximum Gasteiger partial charge on any atom is 0.258 e. The zero-order valence-corrected chi connectivity index (χ0v) is 15.1. The van der Waals surface area contributed by atoms with E-state index in [4.69, 9.17) is 23.2 Å². The summed E-state index contributed by atoms with van der Waals surface area (Å²) in [6, 6.07) is 12.6. The molecule has 0 bridgehead atoms. The van der Waals surface area contributed by atoms with Crippen molar-refractivity contribution < 1.29 is 9.18 Å². The molecule has 0 aliphatic carbocycles. The van der Waals surface area contributed by atoms with Gasteiger partial charge in [-0.1, -0.05) is 35.3 Å². The van der Waals surface area contributed by atoms with Crippen LogP contribution in [-0.4, -0.2) is 15.9 Å². The molecular weight excluding hydrogens is 378 g/mol. The van der Waals surface area contributed by atoms with Gasteiger partial charge >= 0.3 is 0 Å². The van der Waals surface area contributed by atoms with Crippen LogP contribution in [0.3, 0.4) is 0 Å². The molecule has 0 saturated heterocycles. The largest absolute Gasteiger partial charge is 0.338 e. The summed E-state index contributed by atoms with van der Waals surface area (Å²) >= 11 is 12.1. The van der Waals surface area contributed by atoms with Crippen molar-refractivity contribution in [3.63, 3.8) is 0 Å². The van der Waals surface area contributed by atoms with Gasteiger partial charge in [0.1, 0.15) is 17.3 Å². The third-order valence-corrected chi connectivity index (χ3v) is 3.97. The fraction of sp³-hybridized carbons (Fsp3) is 0.0556. The Kier molecular flexibility index (Phi) is 5.35. The lowest BCUT2D eigenvalue weighted by molar-refractivity contribution is 0.102. The minimum atomic E-state index is -0.656. The summed E-state index contributed by atoms with van der Waals surface area (Å²) in [6.07, 6.45) is 0. The van der Waals surface area contributed by atoms with Gasteiger partial charge in [-0.3, -0.25) is 4.79 Å². The molecule has 132 valence electrons. The second kappa shape index (κ2) is 7.68. The normalized spacial score (nSPS) is 10.5. The zero-order chi connectivity index (χ0) is 18.7. The van der Waals surface area contributed by atoms with Gasteiger partial charge in [0, 0.05) is 10.7 Å². The standard InChI is InChI=1S/C18H13Cl2FN4O/c1-10-22-16(20)15(25-18(26)13-4-2-3-5-14(13)21)17(23-10)24-12-8-6-11(19)7-9-12/h2-9H,1H3,(H,25,26)(H,22,23,24). The van der Waals surface area contributed by atoms with Crippen LogP contribution in [0.2, 0.25) is 10.2 Å². The molecule has 26 heavy (non-hydrogen) atoms. The molecule has 2 N–H and O–H groups in total. The molecule has 5 nitrogen and oxygen atoms in total. The summed E-state index contributed by atoms with van der Waals surface area (Å²) in [5.74, 6) is -0.595. The Morgan fingerprint density at radius 3 is 2.42 bits per heavy atom. The lowest BCUT2D eigenvalue weighted by Gasteiger charge is -2.14. The predicted octanol–water partition coefficient (Wildman–Crippen LogP) is 5.23. The minimum Gasteiger partial charge on any atom is -0.338 e. The minimum absolute atomic E-state index is 0.0404. The predicted molar refractivity (Wildman–Crippen MR) is 101 cm³/mol. The van der Waals surface area contributed by atoms with Crippen LogP contribution in [0.25, 0.3) is 0 Å². The average molecular weight is 391 g/mol. The second-order valence-electron chi connectivity index (χ2n) is 5.35. The smallest absolute Gasteiger partial charge is 0.258 e. The molecule has 8 heteroatoms. The number of aromatic nitrogens is 2. The van der Waals surface area contributed by atoms with Crippen molar-refractivity contribution in [2.75, 3.05) is 10.6 Å². The molecule has 0 atom stereocenters. The Hall–Kier alpha value is -2.70. The lowest BCUT2D eigenvalue weighted by atomic mass is 10.2. The van der Waals surface area contributed by atoms with Gasteiger partial charge < -0.3 is 10.6 Å². The van der Waals surface area contributed by atoms with E-state index < -0.39 is 11.7 Å². The number of hydrogen-bond donors (Lipinski definition) is 2. The summed E-state index contributed by atoms with van der Waals surface area (Å²) in [5.41, 5.74) is 0.729. The SMILES string of the molecule is Cc1nc(Cl)c(NC(=O)c2ccccc2F)c(Nc2ccc(Cl)cc2)n1. The third kappa shape index (κ3) is 4.09. The molecule has 3 rings (SSSR count). The monoisotopic (exact) mass is 390 g/mol. The summed E-state index contributed by atoms with van der Waals surface area (Å²) < 4.78 is 13.8. The number of rotatable bonds is 4. The van der Waals surface area contributed by atoms with E-state index in [1.165, 1.54) is 18.2 Å². The van der Waals surface area contributed by atoms with Gasteiger partial charge in [-0.2, -0.15) is 0 Å². The number of aryl methyl sites for hydroxylation is 1. The molecule has 1 heterocycles. The fourth-order valence-electron chi connectivity index (χ4n) is 2.24. The number of nitrogens with zero attached hydrogens (tertiary/aromatic N) is 2. The summed E-state index contributed by atoms with van der Waals surface area (Å²) in [7, 11) is 0. The van der Waals surface area contributed by atoms with E-state index in [1.54, 1.807) is 37.3 Å². The van der Waals surface area contributed by atoms with E-state index >= 15 is 0 Å². The van der Waals surface area contributed by atoms with Crippen molar-refractivity contribution in [1.29, 1.82) is 0 Å². The number of carbonyl (C=O) groups excluding carboxylic acids is 1. The van der Waals surface area contributed by atoms with Crippen LogP contribution < -0.4 is 10.6 Å². The molecule has 0 unspecified atom stereocenters. The highest BCUT2D eigenvalue weighted by molar-refractivity contribution is 6.33. The second-order valence-corrected chi connectivity index (χ2v) is 6.15. The molecule has 0 fully saturated rings. The van der Waals surface area contributed by atoms with Gasteiger partial charge in [0.15, 0.2) is 11.0 Å². The van der Waals surface area contributed by atoms with E-state index in [-0.39, 0.29) is 22.2 Å². The molecule has 2 aromatic carbocycles. The number of benzene rings is 2. The van der Waals surface area contributed by atoms with Crippen LogP contribution in [-0.2, 0) is 0 Å². The average Bonchev–Trinajstić information content (AvgIpc) is 2.60. The quantitative estimate of drug-likeness (QED) is 0.598. The molecular formula is C18H13Cl2FN4O. The molecule has 0 aliphatic rings. The van der Waals surface area contributed by atoms with E-state index in [1.807, 2.05) is 0 Å². The first-order valence-corrected chi connectivity index (χ1v) is 8.32. The summed E-state index contributed by atoms with van der Waals surface area (Å²) in [6.45, 7) is 1.67. The Morgan fingerprint density at radius 2 is 1.73 bits per heavy atom. The highest BCUT2D eigenvalue weighted by Gasteiger charge is 2.18. The molecule has 1 amide bonds. The van der Waals surface area contributed by atoms with Gasteiger partial charge in [0.25, 0.3) is 5.91 Å². The van der Waals surface area contributed by atoms with Crippen LogP contribution in [0.1, 0.15) is 16.2 Å². The number of carbonyl (C=O) groups is 1. The number of anilines is 3. The van der Waals surface area contributed by atoms with Crippen molar-refractivity contribution >= 4 is 46.3 Å². The van der Waals surface area contributed by atoms with Gasteiger partial charge in [-0.25, -0.2) is 14.4 Å². The Balaban J connectivity index is 1.94. The molecule has 3 aromatic rings. The van der Waals surface area contributed by atoms with Gasteiger partial charge in [-0.15, -0.1) is 0 Å². The fourth-order valence-corrected chi connectivity index (χ4v) is 2.62. The van der Waals surface area contributed by atoms with Crippen molar-refractivity contribution in [1.82, 2.24) is 9.97 Å². The van der Waals surface area contributed by atoms with Crippen molar-refractivity contribution in [2.45, 2.75) is 6.92 Å². The highest BCUT2D eigenvalue weighted by Crippen LogP contribution is 2.30. The first-order valence-electron chi connectivity index (χ1n) is 7.56. The van der Waals surface area contributed by atoms with E-state index in [2.05, 4.69) is 20.6 Å². The van der Waals surface area contributed by atoms with Gasteiger partial charge in [0.05, 0.1) is 5.56 Å². The Bertz CT molecular complexity index is 964. The van der Waals surface area contributed by atoms with Crippen molar-refractivity contribution in [2.24, 2.45) is 0 Å². The maximum absolute atomic E-state index is 13.8. The van der Waals surface area contributed by atoms with Crippen molar-refractivity contribution in [3.8, 4) is 0 Å². The molecule has 0 saturated carbocycles. The van der Waals surface area contributed by atoms with Gasteiger partial charge in [-0.05, 0) is 43.3 Å². The number of hydrogen-bond acceptors (Lipinski definition) is 4. The van der Waals surface area contributed by atoms with Crippen LogP contribution in [0.15, 0.2) is 48.5 Å². The van der Waals surface area contributed by atoms with Crippen LogP contribution in [0, 0.1) is 12.7 Å². The molecule has 1 aromatic heterocycles.